The van der Waals surface area contributed by atoms with Crippen LogP contribution in [-0.4, -0.2) is 0 Å². The Labute approximate surface area is 81.4 Å². The molecule has 1 atom stereocenters. The van der Waals surface area contributed by atoms with E-state index in [2.05, 4.69) is 12.2 Å². The first-order valence-corrected chi connectivity index (χ1v) is 5.92. The van der Waals surface area contributed by atoms with Crippen molar-refractivity contribution in [3.63, 3.8) is 0 Å². The first-order valence-electron chi connectivity index (χ1n) is 5.92. The third-order valence-corrected chi connectivity index (χ3v) is 4.69. The van der Waals surface area contributed by atoms with E-state index < -0.39 is 0 Å². The van der Waals surface area contributed by atoms with Crippen LogP contribution in [-0.2, 0) is 0 Å². The summed E-state index contributed by atoms with van der Waals surface area (Å²) in [6.07, 6.45) is 19.2. The number of hydrogen-bond donors (Lipinski definition) is 0. The molecule has 3 aliphatic rings. The lowest BCUT2D eigenvalue weighted by Crippen LogP contribution is -2.16. The molecule has 71 valence electrons. The highest BCUT2D eigenvalue weighted by Crippen LogP contribution is 2.60. The Morgan fingerprint density at radius 3 is 2.46 bits per heavy atom. The van der Waals surface area contributed by atoms with Gasteiger partial charge in [-0.3, -0.25) is 0 Å². The maximum atomic E-state index is 3.66. The van der Waals surface area contributed by atoms with Gasteiger partial charge in [0.05, 0.1) is 0 Å². The highest BCUT2D eigenvalue weighted by molar-refractivity contribution is 5.09. The zero-order valence-corrected chi connectivity index (χ0v) is 8.44. The second-order valence-electron chi connectivity index (χ2n) is 5.55. The quantitative estimate of drug-likeness (QED) is 0.524. The molecule has 3 aliphatic carbocycles. The van der Waals surface area contributed by atoms with Crippen LogP contribution in [0.25, 0.3) is 0 Å². The highest BCUT2D eigenvalue weighted by atomic mass is 14.5. The fourth-order valence-corrected chi connectivity index (χ4v) is 4.00. The third-order valence-electron chi connectivity index (χ3n) is 4.69. The van der Waals surface area contributed by atoms with Gasteiger partial charge in [0, 0.05) is 0 Å². The monoisotopic (exact) mass is 175 g/mol. The zero-order valence-electron chi connectivity index (χ0n) is 8.44. The van der Waals surface area contributed by atoms with E-state index in [1.54, 1.807) is 0 Å². The molecule has 2 spiro atoms. The molecule has 13 heavy (non-hydrogen) atoms. The van der Waals surface area contributed by atoms with Crippen molar-refractivity contribution in [3.8, 4) is 0 Å². The summed E-state index contributed by atoms with van der Waals surface area (Å²) in [5.41, 5.74) is 1.34. The summed E-state index contributed by atoms with van der Waals surface area (Å²) in [5.74, 6) is 0. The molecule has 0 aromatic carbocycles. The van der Waals surface area contributed by atoms with Gasteiger partial charge in [0.15, 0.2) is 0 Å². The van der Waals surface area contributed by atoms with Crippen LogP contribution in [0.2, 0.25) is 0 Å². The standard InChI is InChI=1S/C13H19/c1-2-6-12(5-1)9-10-13(11-12)7-3-4-8-13/h1H,2-4,6-11H2. The molecule has 0 N–H and O–H groups in total. The van der Waals surface area contributed by atoms with E-state index in [4.69, 9.17) is 0 Å². The fourth-order valence-electron chi connectivity index (χ4n) is 4.00. The summed E-state index contributed by atoms with van der Waals surface area (Å²) in [5, 5.41) is 0. The maximum absolute atomic E-state index is 3.66. The van der Waals surface area contributed by atoms with E-state index in [0.717, 1.165) is 5.41 Å². The molecule has 3 rings (SSSR count). The van der Waals surface area contributed by atoms with Gasteiger partial charge in [0.2, 0.25) is 0 Å². The van der Waals surface area contributed by atoms with Gasteiger partial charge in [0.25, 0.3) is 0 Å². The lowest BCUT2D eigenvalue weighted by molar-refractivity contribution is 0.260. The molecular formula is C13H19. The summed E-state index contributed by atoms with van der Waals surface area (Å²) in [6, 6.07) is 0. The lowest BCUT2D eigenvalue weighted by atomic mass is 9.78. The molecule has 0 heterocycles. The van der Waals surface area contributed by atoms with Gasteiger partial charge in [-0.2, -0.15) is 0 Å². The smallest absolute Gasteiger partial charge is 0.00389 e. The van der Waals surface area contributed by atoms with E-state index >= 15 is 0 Å². The number of hydrogen-bond acceptors (Lipinski definition) is 0. The first-order chi connectivity index (χ1) is 6.33. The van der Waals surface area contributed by atoms with Crippen molar-refractivity contribution in [2.75, 3.05) is 0 Å². The van der Waals surface area contributed by atoms with Gasteiger partial charge in [-0.1, -0.05) is 18.9 Å². The van der Waals surface area contributed by atoms with Crippen molar-refractivity contribution in [2.24, 2.45) is 10.8 Å². The largest absolute Gasteiger partial charge is 0.0804 e. The van der Waals surface area contributed by atoms with E-state index in [9.17, 15) is 0 Å². The van der Waals surface area contributed by atoms with Crippen LogP contribution in [0.5, 0.6) is 0 Å². The van der Waals surface area contributed by atoms with Crippen LogP contribution in [0.4, 0.5) is 0 Å². The molecule has 2 saturated carbocycles. The topological polar surface area (TPSA) is 0 Å². The molecule has 0 aromatic heterocycles. The molecule has 1 radical (unpaired) electrons. The second-order valence-corrected chi connectivity index (χ2v) is 5.55. The normalized spacial score (nSPS) is 41.2. The Morgan fingerprint density at radius 2 is 1.77 bits per heavy atom. The SMILES string of the molecule is [C]1=CCCC12CCC1(CCCC1)C2. The maximum Gasteiger partial charge on any atom is -0.00389 e. The van der Waals surface area contributed by atoms with Crippen LogP contribution >= 0.6 is 0 Å². The fraction of sp³-hybridized carbons (Fsp3) is 0.846. The Hall–Kier alpha value is -0.260. The molecule has 0 heteroatoms. The third kappa shape index (κ3) is 1.18. The predicted molar refractivity (Wildman–Crippen MR) is 54.2 cm³/mol. The van der Waals surface area contributed by atoms with E-state index in [-0.39, 0.29) is 0 Å². The minimum Gasteiger partial charge on any atom is -0.0804 e. The summed E-state index contributed by atoms with van der Waals surface area (Å²) < 4.78 is 0. The molecule has 0 aliphatic heterocycles. The van der Waals surface area contributed by atoms with Crippen molar-refractivity contribution in [1.29, 1.82) is 0 Å². The lowest BCUT2D eigenvalue weighted by Gasteiger charge is -2.26. The predicted octanol–water partition coefficient (Wildman–Crippen LogP) is 3.87. The Bertz CT molecular complexity index is 232. The zero-order chi connectivity index (χ0) is 8.78. The molecule has 0 bridgehead atoms. The number of allylic oxidation sites excluding steroid dienone is 2. The van der Waals surface area contributed by atoms with Crippen molar-refractivity contribution in [1.82, 2.24) is 0 Å². The highest BCUT2D eigenvalue weighted by Gasteiger charge is 2.48. The van der Waals surface area contributed by atoms with Crippen LogP contribution < -0.4 is 0 Å². The average molecular weight is 175 g/mol. The average Bonchev–Trinajstić information content (AvgIpc) is 2.81. The van der Waals surface area contributed by atoms with Crippen LogP contribution in [0.3, 0.4) is 0 Å². The van der Waals surface area contributed by atoms with Crippen LogP contribution in [0, 0.1) is 16.9 Å². The summed E-state index contributed by atoms with van der Waals surface area (Å²) in [7, 11) is 0. The second kappa shape index (κ2) is 2.62. The van der Waals surface area contributed by atoms with Gasteiger partial charge in [-0.25, -0.2) is 0 Å². The molecule has 0 nitrogen and oxygen atoms in total. The minimum atomic E-state index is 0.560. The van der Waals surface area contributed by atoms with E-state index in [1.165, 1.54) is 57.8 Å². The first kappa shape index (κ1) is 8.08. The van der Waals surface area contributed by atoms with Gasteiger partial charge in [-0.15, -0.1) is 0 Å². The molecule has 0 saturated heterocycles. The molecule has 0 aromatic rings. The summed E-state index contributed by atoms with van der Waals surface area (Å²) in [4.78, 5) is 0. The van der Waals surface area contributed by atoms with Crippen molar-refractivity contribution < 1.29 is 0 Å². The van der Waals surface area contributed by atoms with Crippen molar-refractivity contribution >= 4 is 0 Å². The Morgan fingerprint density at radius 1 is 0.923 bits per heavy atom. The number of rotatable bonds is 0. The molecule has 0 amide bonds. The van der Waals surface area contributed by atoms with Crippen LogP contribution in [0.15, 0.2) is 6.08 Å². The van der Waals surface area contributed by atoms with Gasteiger partial charge < -0.3 is 0 Å². The molecule has 1 unspecified atom stereocenters. The van der Waals surface area contributed by atoms with Gasteiger partial charge in [-0.05, 0) is 61.9 Å². The van der Waals surface area contributed by atoms with E-state index in [0.29, 0.717) is 5.41 Å². The molecule has 2 fully saturated rings. The summed E-state index contributed by atoms with van der Waals surface area (Å²) >= 11 is 0. The van der Waals surface area contributed by atoms with Gasteiger partial charge >= 0.3 is 0 Å². The Balaban J connectivity index is 1.80. The minimum absolute atomic E-state index is 0.560. The molecular weight excluding hydrogens is 156 g/mol. The summed E-state index contributed by atoms with van der Waals surface area (Å²) in [6.45, 7) is 0. The van der Waals surface area contributed by atoms with Crippen molar-refractivity contribution in [2.45, 2.75) is 57.8 Å². The Kier molecular flexibility index (Phi) is 1.63. The van der Waals surface area contributed by atoms with E-state index in [1.807, 2.05) is 0 Å². The van der Waals surface area contributed by atoms with Gasteiger partial charge in [0.1, 0.15) is 0 Å². The van der Waals surface area contributed by atoms with Crippen molar-refractivity contribution in [3.05, 3.63) is 12.2 Å². The van der Waals surface area contributed by atoms with Crippen LogP contribution in [0.1, 0.15) is 57.8 Å².